The molecule has 1 saturated heterocycles. The second kappa shape index (κ2) is 19.8. The number of ether oxygens (including phenoxy) is 4. The Morgan fingerprint density at radius 2 is 1.88 bits per heavy atom. The quantitative estimate of drug-likeness (QED) is 0.259. The molecule has 1 saturated carbocycles. The van der Waals surface area contributed by atoms with Gasteiger partial charge in [-0.3, -0.25) is 14.6 Å². The van der Waals surface area contributed by atoms with Crippen molar-refractivity contribution in [1.29, 1.82) is 0 Å². The van der Waals surface area contributed by atoms with Crippen molar-refractivity contribution in [1.82, 2.24) is 20.5 Å². The first-order chi connectivity index (χ1) is 19.9. The molecule has 2 N–H and O–H groups in total. The van der Waals surface area contributed by atoms with Gasteiger partial charge in [-0.25, -0.2) is 0 Å². The Labute approximate surface area is 245 Å². The zero-order valence-electron chi connectivity index (χ0n) is 25.3. The molecule has 0 spiro atoms. The van der Waals surface area contributed by atoms with E-state index in [9.17, 15) is 9.59 Å². The highest BCUT2D eigenvalue weighted by Gasteiger charge is 2.22. The van der Waals surface area contributed by atoms with Crippen molar-refractivity contribution in [3.05, 3.63) is 53.9 Å². The Bertz CT molecular complexity index is 997. The Hall–Kier alpha value is -3.21. The summed E-state index contributed by atoms with van der Waals surface area (Å²) >= 11 is 0. The number of rotatable bonds is 14. The minimum absolute atomic E-state index is 0.0330. The summed E-state index contributed by atoms with van der Waals surface area (Å²) in [5.74, 6) is 2.09. The average molecular weight is 573 g/mol. The standard InChI is InChI=1S/C16H25NO4.C8H16N2.C7H7NO2/c1-12(2)17(3)16(18)13-7-8-14(20-5)15(11-13)21-10-6-9-19-4;1-2-8(1)10-6-7-3-4-9-5-7;9-6-10-5-7-1-3-8-4-2-7/h7-8,11-12H,6,9-10H2,1-5H3;7-10H,1-6H2;1-4,6H,5H2/t;7-;/m.0./s1. The molecule has 4 rings (SSSR count). The molecule has 0 bridgehead atoms. The van der Waals surface area contributed by atoms with Crippen molar-refractivity contribution in [2.45, 2.75) is 58.2 Å². The molecule has 2 heterocycles. The monoisotopic (exact) mass is 572 g/mol. The lowest BCUT2D eigenvalue weighted by Gasteiger charge is -2.22. The van der Waals surface area contributed by atoms with E-state index in [1.165, 1.54) is 38.9 Å². The van der Waals surface area contributed by atoms with E-state index in [1.807, 2.05) is 13.8 Å². The van der Waals surface area contributed by atoms with Crippen molar-refractivity contribution < 1.29 is 28.5 Å². The van der Waals surface area contributed by atoms with Gasteiger partial charge < -0.3 is 34.5 Å². The van der Waals surface area contributed by atoms with Crippen LogP contribution in [0.4, 0.5) is 0 Å². The fourth-order valence-electron chi connectivity index (χ4n) is 3.86. The van der Waals surface area contributed by atoms with Crippen LogP contribution in [0, 0.1) is 5.92 Å². The number of pyridine rings is 1. The fraction of sp³-hybridized carbons (Fsp3) is 0.581. The lowest BCUT2D eigenvalue weighted by atomic mass is 10.1. The van der Waals surface area contributed by atoms with Gasteiger partial charge in [0.1, 0.15) is 6.61 Å². The third kappa shape index (κ3) is 13.8. The number of hydrogen-bond acceptors (Lipinski definition) is 9. The first kappa shape index (κ1) is 34.0. The molecular weight excluding hydrogens is 524 g/mol. The number of hydrogen-bond donors (Lipinski definition) is 2. The number of methoxy groups -OCH3 is 2. The predicted octanol–water partition coefficient (Wildman–Crippen LogP) is 3.69. The maximum atomic E-state index is 12.3. The molecule has 228 valence electrons. The number of carbonyl (C=O) groups is 2. The molecule has 1 aliphatic carbocycles. The molecule has 2 aromatic rings. The van der Waals surface area contributed by atoms with Crippen LogP contribution >= 0.6 is 0 Å². The van der Waals surface area contributed by atoms with Crippen LogP contribution in [0.3, 0.4) is 0 Å². The van der Waals surface area contributed by atoms with Crippen molar-refractivity contribution in [2.24, 2.45) is 5.92 Å². The molecule has 1 aromatic heterocycles. The Morgan fingerprint density at radius 1 is 1.12 bits per heavy atom. The molecule has 1 atom stereocenters. The molecule has 0 unspecified atom stereocenters. The zero-order chi connectivity index (χ0) is 29.9. The van der Waals surface area contributed by atoms with Crippen molar-refractivity contribution >= 4 is 12.4 Å². The van der Waals surface area contributed by atoms with Crippen LogP contribution in [0.25, 0.3) is 0 Å². The molecule has 1 aliphatic heterocycles. The van der Waals surface area contributed by atoms with Crippen LogP contribution in [0.2, 0.25) is 0 Å². The molecule has 0 radical (unpaired) electrons. The summed E-state index contributed by atoms with van der Waals surface area (Å²) in [6.45, 7) is 9.58. The van der Waals surface area contributed by atoms with E-state index in [1.54, 1.807) is 68.9 Å². The van der Waals surface area contributed by atoms with Gasteiger partial charge in [-0.05, 0) is 94.6 Å². The summed E-state index contributed by atoms with van der Waals surface area (Å²) < 4.78 is 20.4. The Morgan fingerprint density at radius 3 is 2.46 bits per heavy atom. The van der Waals surface area contributed by atoms with E-state index in [4.69, 9.17) is 14.2 Å². The van der Waals surface area contributed by atoms with Crippen molar-refractivity contribution in [2.75, 3.05) is 54.1 Å². The third-order valence-electron chi connectivity index (χ3n) is 6.76. The molecule has 2 aliphatic rings. The third-order valence-corrected chi connectivity index (χ3v) is 6.76. The van der Waals surface area contributed by atoms with E-state index in [2.05, 4.69) is 20.4 Å². The van der Waals surface area contributed by atoms with E-state index in [0.717, 1.165) is 23.9 Å². The van der Waals surface area contributed by atoms with Gasteiger partial charge in [0.15, 0.2) is 11.5 Å². The molecule has 1 aromatic carbocycles. The van der Waals surface area contributed by atoms with Crippen LogP contribution < -0.4 is 20.1 Å². The van der Waals surface area contributed by atoms with Gasteiger partial charge >= 0.3 is 0 Å². The van der Waals surface area contributed by atoms with Gasteiger partial charge in [-0.15, -0.1) is 0 Å². The lowest BCUT2D eigenvalue weighted by molar-refractivity contribution is -0.129. The average Bonchev–Trinajstić information content (AvgIpc) is 3.69. The van der Waals surface area contributed by atoms with Crippen molar-refractivity contribution in [3.63, 3.8) is 0 Å². The number of amides is 1. The van der Waals surface area contributed by atoms with Gasteiger partial charge in [-0.2, -0.15) is 0 Å². The minimum atomic E-state index is -0.0330. The fourth-order valence-corrected chi connectivity index (χ4v) is 3.86. The molecule has 1 amide bonds. The zero-order valence-corrected chi connectivity index (χ0v) is 25.3. The van der Waals surface area contributed by atoms with Crippen LogP contribution in [0.1, 0.15) is 55.5 Å². The largest absolute Gasteiger partial charge is 0.493 e. The molecule has 10 nitrogen and oxygen atoms in total. The highest BCUT2D eigenvalue weighted by molar-refractivity contribution is 5.94. The molecule has 41 heavy (non-hydrogen) atoms. The number of carbonyl (C=O) groups excluding carboxylic acids is 2. The summed E-state index contributed by atoms with van der Waals surface area (Å²) in [7, 11) is 5.02. The SMILES string of the molecule is C1C[C@H](CNC2CC2)CN1.COCCCOc1cc(C(=O)N(C)C(C)C)ccc1OC.O=COCc1ccncc1. The summed E-state index contributed by atoms with van der Waals surface area (Å²) in [5, 5.41) is 6.93. The van der Waals surface area contributed by atoms with Crippen LogP contribution in [0.5, 0.6) is 11.5 Å². The van der Waals surface area contributed by atoms with Crippen LogP contribution in [-0.4, -0.2) is 88.5 Å². The van der Waals surface area contributed by atoms with E-state index < -0.39 is 0 Å². The van der Waals surface area contributed by atoms with Gasteiger partial charge in [0.05, 0.1) is 13.7 Å². The number of benzene rings is 1. The Kier molecular flexibility index (Phi) is 16.4. The smallest absolute Gasteiger partial charge is 0.293 e. The Balaban J connectivity index is 0.000000242. The van der Waals surface area contributed by atoms with Crippen molar-refractivity contribution in [3.8, 4) is 11.5 Å². The summed E-state index contributed by atoms with van der Waals surface area (Å²) in [6.07, 6.45) is 8.30. The molecule has 10 heteroatoms. The second-order valence-electron chi connectivity index (χ2n) is 10.4. The topological polar surface area (TPSA) is 111 Å². The molecule has 2 fully saturated rings. The summed E-state index contributed by atoms with van der Waals surface area (Å²) in [5.41, 5.74) is 1.54. The van der Waals surface area contributed by atoms with Gasteiger partial charge in [-0.1, -0.05) is 0 Å². The first-order valence-corrected chi connectivity index (χ1v) is 14.3. The second-order valence-corrected chi connectivity index (χ2v) is 10.4. The van der Waals surface area contributed by atoms with E-state index in [-0.39, 0.29) is 11.9 Å². The summed E-state index contributed by atoms with van der Waals surface area (Å²) in [6, 6.07) is 9.86. The van der Waals surface area contributed by atoms with Crippen LogP contribution in [-0.2, 0) is 20.9 Å². The normalized spacial score (nSPS) is 15.6. The summed E-state index contributed by atoms with van der Waals surface area (Å²) in [4.78, 5) is 27.6. The maximum absolute atomic E-state index is 12.3. The number of nitrogens with zero attached hydrogens (tertiary/aromatic N) is 2. The minimum Gasteiger partial charge on any atom is -0.493 e. The maximum Gasteiger partial charge on any atom is 0.293 e. The van der Waals surface area contributed by atoms with E-state index >= 15 is 0 Å². The van der Waals surface area contributed by atoms with Gasteiger partial charge in [0.2, 0.25) is 0 Å². The van der Waals surface area contributed by atoms with Gasteiger partial charge in [0.25, 0.3) is 12.4 Å². The number of nitrogens with one attached hydrogen (secondary N) is 2. The highest BCUT2D eigenvalue weighted by atomic mass is 16.5. The number of aromatic nitrogens is 1. The predicted molar refractivity (Wildman–Crippen MR) is 159 cm³/mol. The molecular formula is C31H48N4O6. The van der Waals surface area contributed by atoms with Crippen LogP contribution in [0.15, 0.2) is 42.7 Å². The highest BCUT2D eigenvalue weighted by Crippen LogP contribution is 2.29. The lowest BCUT2D eigenvalue weighted by Crippen LogP contribution is -2.32. The van der Waals surface area contributed by atoms with E-state index in [0.29, 0.717) is 43.4 Å². The first-order valence-electron chi connectivity index (χ1n) is 14.3. The van der Waals surface area contributed by atoms with Gasteiger partial charge in [0, 0.05) is 57.2 Å².